The lowest BCUT2D eigenvalue weighted by Gasteiger charge is -2.30. The van der Waals surface area contributed by atoms with Gasteiger partial charge in [-0.2, -0.15) is 13.2 Å². The fourth-order valence-corrected chi connectivity index (χ4v) is 3.32. The summed E-state index contributed by atoms with van der Waals surface area (Å²) >= 11 is 0. The molecule has 9 heteroatoms. The molecule has 1 amide bonds. The normalized spacial score (nSPS) is 16.4. The number of nitrogens with zero attached hydrogens (tertiary/aromatic N) is 1. The summed E-state index contributed by atoms with van der Waals surface area (Å²) in [5.41, 5.74) is 0.877. The third-order valence-electron chi connectivity index (χ3n) is 4.45. The lowest BCUT2D eigenvalue weighted by atomic mass is 9.94. The first kappa shape index (κ1) is 20.8. The molecule has 3 rings (SSSR count). The van der Waals surface area contributed by atoms with Crippen molar-refractivity contribution in [2.24, 2.45) is 5.92 Å². The van der Waals surface area contributed by atoms with Gasteiger partial charge in [-0.25, -0.2) is 4.79 Å². The second-order valence-corrected chi connectivity index (χ2v) is 7.25. The van der Waals surface area contributed by atoms with Gasteiger partial charge >= 0.3 is 12.3 Å². The van der Waals surface area contributed by atoms with Gasteiger partial charge in [0.15, 0.2) is 0 Å². The number of rotatable bonds is 6. The molecule has 0 saturated carbocycles. The van der Waals surface area contributed by atoms with Crippen LogP contribution < -0.4 is 14.8 Å². The van der Waals surface area contributed by atoms with Gasteiger partial charge in [0.05, 0.1) is 6.04 Å². The monoisotopic (exact) mass is 410 g/mol. The van der Waals surface area contributed by atoms with Crippen molar-refractivity contribution < 1.29 is 32.5 Å². The van der Waals surface area contributed by atoms with Crippen molar-refractivity contribution in [1.82, 2.24) is 10.3 Å². The fourth-order valence-electron chi connectivity index (χ4n) is 3.32. The number of alkyl halides is 3. The van der Waals surface area contributed by atoms with E-state index in [0.717, 1.165) is 6.20 Å². The topological polar surface area (TPSA) is 80.7 Å². The maximum atomic E-state index is 13.5. The van der Waals surface area contributed by atoms with Crippen molar-refractivity contribution >= 4 is 6.09 Å². The quantitative estimate of drug-likeness (QED) is 0.715. The van der Waals surface area contributed by atoms with Crippen molar-refractivity contribution in [2.75, 3.05) is 6.61 Å². The molecule has 0 radical (unpaired) electrons. The van der Waals surface area contributed by atoms with E-state index >= 15 is 0 Å². The molecule has 1 aromatic carbocycles. The van der Waals surface area contributed by atoms with Crippen molar-refractivity contribution in [2.45, 2.75) is 38.6 Å². The molecular formula is C20H21F3N2O4. The molecule has 1 unspecified atom stereocenters. The molecule has 1 aromatic heterocycles. The summed E-state index contributed by atoms with van der Waals surface area (Å²) in [5, 5.41) is 11.3. The summed E-state index contributed by atoms with van der Waals surface area (Å²) < 4.78 is 51.3. The predicted molar refractivity (Wildman–Crippen MR) is 99.0 cm³/mol. The summed E-state index contributed by atoms with van der Waals surface area (Å²) in [5.74, 6) is 0.582. The molecule has 6 nitrogen and oxygen atoms in total. The first-order chi connectivity index (χ1) is 13.6. The number of nitrogens with one attached hydrogen (secondary N) is 1. The van der Waals surface area contributed by atoms with Gasteiger partial charge < -0.3 is 19.9 Å². The lowest BCUT2D eigenvalue weighted by Crippen LogP contribution is -2.39. The first-order valence-corrected chi connectivity index (χ1v) is 9.09. The van der Waals surface area contributed by atoms with Crippen LogP contribution in [0.25, 0.3) is 11.1 Å². The van der Waals surface area contributed by atoms with E-state index in [9.17, 15) is 18.0 Å². The molecule has 0 saturated heterocycles. The molecule has 156 valence electrons. The zero-order valence-corrected chi connectivity index (χ0v) is 15.9. The Hall–Kier alpha value is -2.97. The highest BCUT2D eigenvalue weighted by Crippen LogP contribution is 2.48. The second kappa shape index (κ2) is 8.18. The number of carbonyl (C=O) groups is 1. The molecule has 1 aliphatic heterocycles. The van der Waals surface area contributed by atoms with E-state index in [1.807, 2.05) is 13.8 Å². The zero-order valence-electron chi connectivity index (χ0n) is 15.9. The third-order valence-corrected chi connectivity index (χ3v) is 4.45. The highest BCUT2D eigenvalue weighted by molar-refractivity contribution is 5.76. The van der Waals surface area contributed by atoms with Crippen LogP contribution in [0.1, 0.15) is 31.9 Å². The van der Waals surface area contributed by atoms with Crippen LogP contribution in [0.5, 0.6) is 11.5 Å². The Balaban J connectivity index is 1.83. The van der Waals surface area contributed by atoms with E-state index in [2.05, 4.69) is 10.3 Å². The van der Waals surface area contributed by atoms with Gasteiger partial charge in [-0.05, 0) is 36.1 Å². The van der Waals surface area contributed by atoms with Gasteiger partial charge in [-0.1, -0.05) is 13.8 Å². The summed E-state index contributed by atoms with van der Waals surface area (Å²) in [6, 6.07) is 5.71. The van der Waals surface area contributed by atoms with Crippen LogP contribution in [-0.4, -0.2) is 35.0 Å². The molecular weight excluding hydrogens is 389 g/mol. The number of hydrogen-bond donors (Lipinski definition) is 2. The number of hydrogen-bond acceptors (Lipinski definition) is 4. The van der Waals surface area contributed by atoms with Crippen LogP contribution in [0.2, 0.25) is 0 Å². The van der Waals surface area contributed by atoms with Crippen LogP contribution in [0.15, 0.2) is 36.7 Å². The Labute approximate surface area is 165 Å². The van der Waals surface area contributed by atoms with Crippen molar-refractivity contribution in [1.29, 1.82) is 0 Å². The Morgan fingerprint density at radius 3 is 2.72 bits per heavy atom. The Bertz CT molecular complexity index is 886. The van der Waals surface area contributed by atoms with Crippen LogP contribution in [-0.2, 0) is 0 Å². The molecule has 0 spiro atoms. The molecule has 2 atom stereocenters. The average Bonchev–Trinajstić information content (AvgIpc) is 2.63. The lowest BCUT2D eigenvalue weighted by molar-refractivity contribution is -0.198. The van der Waals surface area contributed by atoms with Gasteiger partial charge in [0.2, 0.25) is 6.10 Å². The van der Waals surface area contributed by atoms with Crippen molar-refractivity contribution in [3.63, 3.8) is 0 Å². The Morgan fingerprint density at radius 1 is 1.31 bits per heavy atom. The summed E-state index contributed by atoms with van der Waals surface area (Å²) in [6.45, 7) is 3.95. The van der Waals surface area contributed by atoms with Crippen molar-refractivity contribution in [3.05, 3.63) is 42.2 Å². The van der Waals surface area contributed by atoms with E-state index in [1.54, 1.807) is 12.1 Å². The largest absolute Gasteiger partial charge is 0.491 e. The molecule has 0 bridgehead atoms. The minimum Gasteiger partial charge on any atom is -0.491 e. The number of fused-ring (bicyclic) bond motifs is 3. The minimum absolute atomic E-state index is 0.0381. The number of pyridine rings is 1. The summed E-state index contributed by atoms with van der Waals surface area (Å²) in [4.78, 5) is 14.7. The number of ether oxygens (including phenoxy) is 2. The van der Waals surface area contributed by atoms with E-state index in [1.165, 1.54) is 18.3 Å². The number of amides is 1. The maximum absolute atomic E-state index is 13.5. The molecule has 0 aliphatic carbocycles. The first-order valence-electron chi connectivity index (χ1n) is 9.09. The third kappa shape index (κ3) is 4.90. The van der Waals surface area contributed by atoms with Gasteiger partial charge in [0.1, 0.15) is 18.1 Å². The average molecular weight is 410 g/mol. The smallest absolute Gasteiger partial charge is 0.429 e. The van der Waals surface area contributed by atoms with Crippen LogP contribution >= 0.6 is 0 Å². The van der Waals surface area contributed by atoms with Crippen LogP contribution in [0.3, 0.4) is 0 Å². The molecule has 1 aliphatic rings. The molecule has 2 aromatic rings. The number of aromatic nitrogens is 1. The minimum atomic E-state index is -4.60. The van der Waals surface area contributed by atoms with E-state index in [4.69, 9.17) is 14.6 Å². The second-order valence-electron chi connectivity index (χ2n) is 7.25. The summed E-state index contributed by atoms with van der Waals surface area (Å²) in [7, 11) is 0. The molecule has 29 heavy (non-hydrogen) atoms. The number of carboxylic acid groups (broad SMARTS) is 1. The van der Waals surface area contributed by atoms with Crippen molar-refractivity contribution in [3.8, 4) is 22.6 Å². The van der Waals surface area contributed by atoms with Gasteiger partial charge in [-0.3, -0.25) is 4.98 Å². The van der Waals surface area contributed by atoms with Gasteiger partial charge in [0.25, 0.3) is 0 Å². The molecule has 0 fully saturated rings. The zero-order chi connectivity index (χ0) is 21.2. The van der Waals surface area contributed by atoms with Gasteiger partial charge in [-0.15, -0.1) is 0 Å². The van der Waals surface area contributed by atoms with Gasteiger partial charge in [0, 0.05) is 29.6 Å². The fraction of sp³-hybridized carbons (Fsp3) is 0.400. The maximum Gasteiger partial charge on any atom is 0.429 e. The highest BCUT2D eigenvalue weighted by atomic mass is 19.4. The van der Waals surface area contributed by atoms with E-state index in [-0.39, 0.29) is 23.8 Å². The predicted octanol–water partition coefficient (Wildman–Crippen LogP) is 4.81. The molecule has 2 heterocycles. The highest BCUT2D eigenvalue weighted by Gasteiger charge is 2.46. The Morgan fingerprint density at radius 2 is 2.07 bits per heavy atom. The SMILES string of the molecule is CC(C)C[C@@H](COc1ccc2c(c1)OC(C(F)(F)F)c1cnccc1-2)NC(=O)O. The standard InChI is InChI=1S/C20H21F3N2O4/c1-11(2)7-12(25-19(26)27)10-28-13-3-4-15-14-5-6-24-9-16(14)18(20(21,22)23)29-17(15)8-13/h3-6,8-9,11-12,18,25H,7,10H2,1-2H3,(H,26,27)/t12-,18?/m0/s1. The molecule has 2 N–H and O–H groups in total. The summed E-state index contributed by atoms with van der Waals surface area (Å²) in [6.07, 6.45) is -4.72. The van der Waals surface area contributed by atoms with Crippen LogP contribution in [0.4, 0.5) is 18.0 Å². The van der Waals surface area contributed by atoms with E-state index < -0.39 is 24.4 Å². The number of benzene rings is 1. The Kier molecular flexibility index (Phi) is 5.86. The number of halogens is 3. The van der Waals surface area contributed by atoms with Crippen LogP contribution in [0, 0.1) is 5.92 Å². The van der Waals surface area contributed by atoms with E-state index in [0.29, 0.717) is 23.3 Å².